The van der Waals surface area contributed by atoms with Gasteiger partial charge in [-0.2, -0.15) is 5.10 Å². The Hall–Kier alpha value is -2.21. The molecule has 1 aromatic carbocycles. The fraction of sp³-hybridized carbons (Fsp3) is 0.471. The molecule has 0 saturated heterocycles. The van der Waals surface area contributed by atoms with Crippen LogP contribution in [0.15, 0.2) is 30.6 Å². The first-order chi connectivity index (χ1) is 11.2. The van der Waals surface area contributed by atoms with Gasteiger partial charge in [0.05, 0.1) is 5.60 Å². The number of aromatic nitrogens is 3. The third-order valence-electron chi connectivity index (χ3n) is 4.43. The molecule has 1 amide bonds. The molecule has 3 N–H and O–H groups in total. The van der Waals surface area contributed by atoms with Crippen molar-refractivity contribution in [2.75, 3.05) is 6.54 Å². The monoisotopic (exact) mass is 314 g/mol. The molecule has 1 aliphatic carbocycles. The summed E-state index contributed by atoms with van der Waals surface area (Å²) in [6.45, 7) is 0.304. The molecule has 1 heterocycles. The van der Waals surface area contributed by atoms with Crippen LogP contribution in [-0.2, 0) is 0 Å². The van der Waals surface area contributed by atoms with Gasteiger partial charge in [0.2, 0.25) is 0 Å². The molecule has 3 rings (SSSR count). The van der Waals surface area contributed by atoms with Crippen molar-refractivity contribution in [1.29, 1.82) is 0 Å². The van der Waals surface area contributed by atoms with Crippen LogP contribution in [0.2, 0.25) is 0 Å². The molecule has 6 nitrogen and oxygen atoms in total. The number of rotatable bonds is 4. The number of aliphatic hydroxyl groups is 1. The minimum atomic E-state index is -0.769. The number of H-pyrrole nitrogens is 1. The largest absolute Gasteiger partial charge is 0.388 e. The van der Waals surface area contributed by atoms with Crippen LogP contribution >= 0.6 is 0 Å². The van der Waals surface area contributed by atoms with E-state index in [4.69, 9.17) is 0 Å². The molecule has 1 fully saturated rings. The number of carbonyl (C=O) groups is 1. The van der Waals surface area contributed by atoms with Gasteiger partial charge in [-0.05, 0) is 25.0 Å². The van der Waals surface area contributed by atoms with Crippen LogP contribution in [0.3, 0.4) is 0 Å². The molecule has 1 aromatic heterocycles. The molecule has 122 valence electrons. The second-order valence-electron chi connectivity index (χ2n) is 6.24. The van der Waals surface area contributed by atoms with Gasteiger partial charge in [-0.1, -0.05) is 37.8 Å². The summed E-state index contributed by atoms with van der Waals surface area (Å²) in [6, 6.07) is 7.21. The fourth-order valence-corrected chi connectivity index (χ4v) is 3.06. The van der Waals surface area contributed by atoms with Crippen molar-refractivity contribution in [1.82, 2.24) is 20.5 Å². The van der Waals surface area contributed by atoms with Crippen LogP contribution in [0.25, 0.3) is 11.4 Å². The summed E-state index contributed by atoms with van der Waals surface area (Å²) in [5.74, 6) is 0.450. The Kier molecular flexibility index (Phi) is 4.71. The lowest BCUT2D eigenvalue weighted by atomic mass is 9.94. The zero-order valence-corrected chi connectivity index (χ0v) is 13.1. The van der Waals surface area contributed by atoms with Crippen molar-refractivity contribution in [3.05, 3.63) is 36.2 Å². The van der Waals surface area contributed by atoms with Crippen molar-refractivity contribution in [3.63, 3.8) is 0 Å². The molecule has 1 aliphatic rings. The third-order valence-corrected chi connectivity index (χ3v) is 4.43. The van der Waals surface area contributed by atoms with Crippen molar-refractivity contribution in [2.45, 2.75) is 44.1 Å². The SMILES string of the molecule is O=C(NCC1(O)CCCCCC1)c1cccc(-c2ncn[nH]2)c1. The van der Waals surface area contributed by atoms with Crippen LogP contribution in [0.4, 0.5) is 0 Å². The average Bonchev–Trinajstić information content (AvgIpc) is 3.02. The minimum Gasteiger partial charge on any atom is -0.388 e. The number of aromatic amines is 1. The molecule has 0 radical (unpaired) electrons. The van der Waals surface area contributed by atoms with E-state index < -0.39 is 5.60 Å². The second-order valence-corrected chi connectivity index (χ2v) is 6.24. The highest BCUT2D eigenvalue weighted by molar-refractivity contribution is 5.95. The third kappa shape index (κ3) is 3.96. The van der Waals surface area contributed by atoms with Crippen molar-refractivity contribution >= 4 is 5.91 Å². The molecule has 0 spiro atoms. The van der Waals surface area contributed by atoms with Gasteiger partial charge in [-0.15, -0.1) is 0 Å². The van der Waals surface area contributed by atoms with Gasteiger partial charge in [0, 0.05) is 17.7 Å². The molecule has 0 aliphatic heterocycles. The molecule has 0 unspecified atom stereocenters. The van der Waals surface area contributed by atoms with E-state index in [1.54, 1.807) is 12.1 Å². The summed E-state index contributed by atoms with van der Waals surface area (Å²) in [6.07, 6.45) is 7.31. The lowest BCUT2D eigenvalue weighted by Crippen LogP contribution is -2.42. The number of hydrogen-bond acceptors (Lipinski definition) is 4. The maximum atomic E-state index is 12.4. The summed E-state index contributed by atoms with van der Waals surface area (Å²) in [5.41, 5.74) is 0.591. The highest BCUT2D eigenvalue weighted by Crippen LogP contribution is 2.26. The zero-order chi connectivity index (χ0) is 16.1. The Morgan fingerprint density at radius 3 is 2.74 bits per heavy atom. The predicted molar refractivity (Wildman–Crippen MR) is 86.8 cm³/mol. The number of nitrogens with one attached hydrogen (secondary N) is 2. The topological polar surface area (TPSA) is 90.9 Å². The van der Waals surface area contributed by atoms with Crippen LogP contribution in [-0.4, -0.2) is 38.3 Å². The highest BCUT2D eigenvalue weighted by atomic mass is 16.3. The zero-order valence-electron chi connectivity index (χ0n) is 13.1. The molecule has 0 atom stereocenters. The maximum absolute atomic E-state index is 12.4. The van der Waals surface area contributed by atoms with Gasteiger partial charge in [0.1, 0.15) is 6.33 Å². The summed E-state index contributed by atoms with van der Waals surface area (Å²) in [7, 11) is 0. The first-order valence-corrected chi connectivity index (χ1v) is 8.13. The molecule has 0 bridgehead atoms. The van der Waals surface area contributed by atoms with Crippen molar-refractivity contribution < 1.29 is 9.90 Å². The van der Waals surface area contributed by atoms with Gasteiger partial charge < -0.3 is 10.4 Å². The Morgan fingerprint density at radius 1 is 1.26 bits per heavy atom. The lowest BCUT2D eigenvalue weighted by Gasteiger charge is -2.26. The van der Waals surface area contributed by atoms with Crippen molar-refractivity contribution in [3.8, 4) is 11.4 Å². The normalized spacial score (nSPS) is 17.4. The average molecular weight is 314 g/mol. The minimum absolute atomic E-state index is 0.177. The van der Waals surface area contributed by atoms with E-state index in [0.29, 0.717) is 17.9 Å². The molecule has 23 heavy (non-hydrogen) atoms. The molecule has 6 heteroatoms. The highest BCUT2D eigenvalue weighted by Gasteiger charge is 2.28. The van der Waals surface area contributed by atoms with E-state index in [0.717, 1.165) is 44.1 Å². The lowest BCUT2D eigenvalue weighted by molar-refractivity contribution is 0.0246. The van der Waals surface area contributed by atoms with Crippen LogP contribution in [0.5, 0.6) is 0 Å². The Balaban J connectivity index is 1.65. The standard InChI is InChI=1S/C17H22N4O2/c22-16(18-11-17(23)8-3-1-2-4-9-17)14-7-5-6-13(10-14)15-19-12-20-21-15/h5-7,10,12,23H,1-4,8-9,11H2,(H,18,22)(H,19,20,21). The van der Waals surface area contributed by atoms with Crippen LogP contribution in [0, 0.1) is 0 Å². The number of amides is 1. The van der Waals surface area contributed by atoms with Crippen LogP contribution in [0.1, 0.15) is 48.9 Å². The van der Waals surface area contributed by atoms with Gasteiger partial charge >= 0.3 is 0 Å². The van der Waals surface area contributed by atoms with Gasteiger partial charge in [0.15, 0.2) is 5.82 Å². The van der Waals surface area contributed by atoms with Gasteiger partial charge in [-0.25, -0.2) is 4.98 Å². The molecule has 1 saturated carbocycles. The van der Waals surface area contributed by atoms with E-state index in [-0.39, 0.29) is 5.91 Å². The Morgan fingerprint density at radius 2 is 2.04 bits per heavy atom. The fourth-order valence-electron chi connectivity index (χ4n) is 3.06. The second kappa shape index (κ2) is 6.91. The summed E-state index contributed by atoms with van der Waals surface area (Å²) >= 11 is 0. The summed E-state index contributed by atoms with van der Waals surface area (Å²) < 4.78 is 0. The van der Waals surface area contributed by atoms with E-state index in [1.807, 2.05) is 12.1 Å². The van der Waals surface area contributed by atoms with Crippen LogP contribution < -0.4 is 5.32 Å². The molecular formula is C17H22N4O2. The van der Waals surface area contributed by atoms with Gasteiger partial charge in [0.25, 0.3) is 5.91 Å². The summed E-state index contributed by atoms with van der Waals surface area (Å²) in [4.78, 5) is 16.5. The Labute approximate surface area is 135 Å². The van der Waals surface area contributed by atoms with E-state index >= 15 is 0 Å². The number of benzene rings is 1. The predicted octanol–water partition coefficient (Wildman–Crippen LogP) is 2.29. The van der Waals surface area contributed by atoms with E-state index in [1.165, 1.54) is 6.33 Å². The van der Waals surface area contributed by atoms with E-state index in [9.17, 15) is 9.90 Å². The smallest absolute Gasteiger partial charge is 0.251 e. The number of carbonyl (C=O) groups excluding carboxylic acids is 1. The number of nitrogens with zero attached hydrogens (tertiary/aromatic N) is 2. The van der Waals surface area contributed by atoms with E-state index in [2.05, 4.69) is 20.5 Å². The first-order valence-electron chi connectivity index (χ1n) is 8.13. The maximum Gasteiger partial charge on any atom is 0.251 e. The Bertz CT molecular complexity index is 646. The van der Waals surface area contributed by atoms with Gasteiger partial charge in [-0.3, -0.25) is 9.89 Å². The quantitative estimate of drug-likeness (QED) is 0.755. The molecule has 2 aromatic rings. The number of hydrogen-bond donors (Lipinski definition) is 3. The molecular weight excluding hydrogens is 292 g/mol. The summed E-state index contributed by atoms with van der Waals surface area (Å²) in [5, 5.41) is 20.1. The first kappa shape index (κ1) is 15.7. The van der Waals surface area contributed by atoms with Crippen molar-refractivity contribution in [2.24, 2.45) is 0 Å².